The van der Waals surface area contributed by atoms with Gasteiger partial charge in [0.25, 0.3) is 0 Å². The molecule has 0 saturated heterocycles. The first kappa shape index (κ1) is 10.8. The Bertz CT molecular complexity index is 296. The molecule has 1 rings (SSSR count). The molecule has 1 atom stereocenters. The van der Waals surface area contributed by atoms with Crippen molar-refractivity contribution in [2.45, 2.75) is 26.7 Å². The van der Waals surface area contributed by atoms with Crippen molar-refractivity contribution >= 4 is 0 Å². The molecule has 0 aliphatic rings. The zero-order chi connectivity index (χ0) is 10.6. The lowest BCUT2D eigenvalue weighted by atomic mass is 9.88. The Labute approximate surface area is 86.1 Å². The lowest BCUT2D eigenvalue weighted by molar-refractivity contribution is 0.474. The molecule has 0 bridgehead atoms. The van der Waals surface area contributed by atoms with Crippen molar-refractivity contribution in [3.8, 4) is 5.75 Å². The first-order valence-electron chi connectivity index (χ1n) is 5.07. The maximum Gasteiger partial charge on any atom is 0.115 e. The van der Waals surface area contributed by atoms with E-state index in [0.717, 1.165) is 0 Å². The van der Waals surface area contributed by atoms with Gasteiger partial charge in [-0.1, -0.05) is 38.1 Å². The molecule has 1 nitrogen and oxygen atoms in total. The molecule has 1 unspecified atom stereocenters. The van der Waals surface area contributed by atoms with Gasteiger partial charge in [0.05, 0.1) is 0 Å². The standard InChI is InChI=1S/C13H18O/c1-4-5-13(10(2)3)11-6-8-12(14)9-7-11/h4-10,13-14H,1-3H3/b5-4-. The Morgan fingerprint density at radius 1 is 1.14 bits per heavy atom. The maximum absolute atomic E-state index is 9.19. The highest BCUT2D eigenvalue weighted by Crippen LogP contribution is 2.26. The number of hydrogen-bond donors (Lipinski definition) is 1. The molecule has 0 aliphatic carbocycles. The summed E-state index contributed by atoms with van der Waals surface area (Å²) in [5, 5.41) is 9.19. The molecule has 0 spiro atoms. The van der Waals surface area contributed by atoms with Crippen molar-refractivity contribution in [2.75, 3.05) is 0 Å². The fourth-order valence-corrected chi connectivity index (χ4v) is 1.62. The fraction of sp³-hybridized carbons (Fsp3) is 0.385. The van der Waals surface area contributed by atoms with Gasteiger partial charge in [-0.05, 0) is 30.5 Å². The molecule has 1 N–H and O–H groups in total. The third kappa shape index (κ3) is 2.63. The SMILES string of the molecule is C/C=C\C(c1ccc(O)cc1)C(C)C. The van der Waals surface area contributed by atoms with Crippen LogP contribution >= 0.6 is 0 Å². The van der Waals surface area contributed by atoms with E-state index in [1.807, 2.05) is 19.1 Å². The van der Waals surface area contributed by atoms with Gasteiger partial charge in [-0.2, -0.15) is 0 Å². The van der Waals surface area contributed by atoms with Gasteiger partial charge in [-0.25, -0.2) is 0 Å². The van der Waals surface area contributed by atoms with Crippen molar-refractivity contribution in [3.63, 3.8) is 0 Å². The highest BCUT2D eigenvalue weighted by molar-refractivity contribution is 5.30. The Kier molecular flexibility index (Phi) is 3.75. The Morgan fingerprint density at radius 2 is 1.71 bits per heavy atom. The van der Waals surface area contributed by atoms with Crippen molar-refractivity contribution in [3.05, 3.63) is 42.0 Å². The highest BCUT2D eigenvalue weighted by Gasteiger charge is 2.11. The van der Waals surface area contributed by atoms with E-state index in [2.05, 4.69) is 26.0 Å². The summed E-state index contributed by atoms with van der Waals surface area (Å²) >= 11 is 0. The number of allylic oxidation sites excluding steroid dienone is 2. The van der Waals surface area contributed by atoms with Crippen molar-refractivity contribution in [2.24, 2.45) is 5.92 Å². The smallest absolute Gasteiger partial charge is 0.115 e. The summed E-state index contributed by atoms with van der Waals surface area (Å²) < 4.78 is 0. The van der Waals surface area contributed by atoms with Gasteiger partial charge in [0.1, 0.15) is 5.75 Å². The number of aromatic hydroxyl groups is 1. The molecular weight excluding hydrogens is 172 g/mol. The Hall–Kier alpha value is -1.24. The van der Waals surface area contributed by atoms with Gasteiger partial charge in [0.2, 0.25) is 0 Å². The maximum atomic E-state index is 9.19. The van der Waals surface area contributed by atoms with Crippen LogP contribution in [0, 0.1) is 5.92 Å². The minimum absolute atomic E-state index is 0.330. The molecule has 0 saturated carbocycles. The summed E-state index contributed by atoms with van der Waals surface area (Å²) in [5.41, 5.74) is 1.26. The molecule has 0 amide bonds. The summed E-state index contributed by atoms with van der Waals surface area (Å²) in [7, 11) is 0. The second-order valence-corrected chi connectivity index (χ2v) is 3.89. The molecule has 0 fully saturated rings. The molecule has 0 aliphatic heterocycles. The molecule has 76 valence electrons. The lowest BCUT2D eigenvalue weighted by Crippen LogP contribution is -2.03. The molecule has 1 heteroatoms. The number of phenols is 1. The van der Waals surface area contributed by atoms with E-state index in [1.54, 1.807) is 12.1 Å². The van der Waals surface area contributed by atoms with Crippen LogP contribution in [-0.2, 0) is 0 Å². The van der Waals surface area contributed by atoms with Gasteiger partial charge in [0.15, 0.2) is 0 Å². The first-order chi connectivity index (χ1) is 6.65. The summed E-state index contributed by atoms with van der Waals surface area (Å²) in [4.78, 5) is 0. The number of rotatable bonds is 3. The van der Waals surface area contributed by atoms with Crippen molar-refractivity contribution in [1.29, 1.82) is 0 Å². The van der Waals surface area contributed by atoms with Crippen LogP contribution in [0.3, 0.4) is 0 Å². The van der Waals surface area contributed by atoms with Crippen LogP contribution in [0.25, 0.3) is 0 Å². The fourth-order valence-electron chi connectivity index (χ4n) is 1.62. The van der Waals surface area contributed by atoms with Gasteiger partial charge < -0.3 is 5.11 Å². The van der Waals surface area contributed by atoms with Gasteiger partial charge in [0, 0.05) is 5.92 Å². The zero-order valence-corrected chi connectivity index (χ0v) is 9.07. The lowest BCUT2D eigenvalue weighted by Gasteiger charge is -2.17. The van der Waals surface area contributed by atoms with E-state index in [-0.39, 0.29) is 0 Å². The highest BCUT2D eigenvalue weighted by atomic mass is 16.3. The van der Waals surface area contributed by atoms with E-state index in [0.29, 0.717) is 17.6 Å². The number of hydrogen-bond acceptors (Lipinski definition) is 1. The average Bonchev–Trinajstić information content (AvgIpc) is 2.15. The van der Waals surface area contributed by atoms with Crippen LogP contribution in [0.15, 0.2) is 36.4 Å². The second-order valence-electron chi connectivity index (χ2n) is 3.89. The first-order valence-corrected chi connectivity index (χ1v) is 5.07. The molecular formula is C13H18O. The number of phenolic OH excluding ortho intramolecular Hbond substituents is 1. The summed E-state index contributed by atoms with van der Waals surface area (Å²) in [6.45, 7) is 6.45. The van der Waals surface area contributed by atoms with Crippen molar-refractivity contribution < 1.29 is 5.11 Å². The normalized spacial score (nSPS) is 13.7. The Balaban J connectivity index is 2.93. The van der Waals surface area contributed by atoms with Crippen LogP contribution in [0.4, 0.5) is 0 Å². The topological polar surface area (TPSA) is 20.2 Å². The summed E-state index contributed by atoms with van der Waals surface area (Å²) in [5.74, 6) is 1.35. The van der Waals surface area contributed by atoms with E-state index in [9.17, 15) is 5.11 Å². The predicted octanol–water partition coefficient (Wildman–Crippen LogP) is 3.71. The monoisotopic (exact) mass is 190 g/mol. The minimum atomic E-state index is 0.330. The second kappa shape index (κ2) is 4.85. The van der Waals surface area contributed by atoms with E-state index < -0.39 is 0 Å². The molecule has 14 heavy (non-hydrogen) atoms. The molecule has 0 heterocycles. The summed E-state index contributed by atoms with van der Waals surface area (Å²) in [6.07, 6.45) is 4.29. The average molecular weight is 190 g/mol. The quantitative estimate of drug-likeness (QED) is 0.720. The molecule has 1 aromatic carbocycles. The van der Waals surface area contributed by atoms with E-state index in [4.69, 9.17) is 0 Å². The zero-order valence-electron chi connectivity index (χ0n) is 9.07. The molecule has 0 aromatic heterocycles. The largest absolute Gasteiger partial charge is 0.508 e. The van der Waals surface area contributed by atoms with Crippen LogP contribution in [0.2, 0.25) is 0 Å². The predicted molar refractivity (Wildman–Crippen MR) is 60.5 cm³/mol. The van der Waals surface area contributed by atoms with Crippen LogP contribution in [0.5, 0.6) is 5.75 Å². The third-order valence-corrected chi connectivity index (χ3v) is 2.40. The minimum Gasteiger partial charge on any atom is -0.508 e. The molecule has 1 aromatic rings. The van der Waals surface area contributed by atoms with E-state index in [1.165, 1.54) is 5.56 Å². The van der Waals surface area contributed by atoms with Gasteiger partial charge in [-0.3, -0.25) is 0 Å². The van der Waals surface area contributed by atoms with Crippen molar-refractivity contribution in [1.82, 2.24) is 0 Å². The van der Waals surface area contributed by atoms with Gasteiger partial charge >= 0.3 is 0 Å². The van der Waals surface area contributed by atoms with E-state index >= 15 is 0 Å². The number of benzene rings is 1. The van der Waals surface area contributed by atoms with Crippen LogP contribution in [-0.4, -0.2) is 5.11 Å². The van der Waals surface area contributed by atoms with Crippen LogP contribution < -0.4 is 0 Å². The third-order valence-electron chi connectivity index (χ3n) is 2.40. The van der Waals surface area contributed by atoms with Gasteiger partial charge in [-0.15, -0.1) is 0 Å². The van der Waals surface area contributed by atoms with Crippen LogP contribution in [0.1, 0.15) is 32.3 Å². The Morgan fingerprint density at radius 3 is 2.14 bits per heavy atom. The molecule has 0 radical (unpaired) electrons. The summed E-state index contributed by atoms with van der Waals surface area (Å²) in [6, 6.07) is 7.46.